The minimum atomic E-state index is -0.938. The molecular formula is C26H27NO4. The van der Waals surface area contributed by atoms with E-state index in [0.29, 0.717) is 19.4 Å². The fraction of sp³-hybridized carbons (Fsp3) is 0.308. The number of nitrogens with zero attached hydrogens (tertiary/aromatic N) is 1. The predicted molar refractivity (Wildman–Crippen MR) is 118 cm³/mol. The predicted octanol–water partition coefficient (Wildman–Crippen LogP) is 4.42. The van der Waals surface area contributed by atoms with Gasteiger partial charge in [-0.05, 0) is 11.1 Å². The highest BCUT2D eigenvalue weighted by Crippen LogP contribution is 2.49. The number of allylic oxidation sites excluding steroid dienone is 1. The van der Waals surface area contributed by atoms with Crippen LogP contribution in [0.25, 0.3) is 0 Å². The average Bonchev–Trinajstić information content (AvgIpc) is 3.18. The van der Waals surface area contributed by atoms with Gasteiger partial charge in [-0.15, -0.1) is 13.2 Å². The molecule has 0 aromatic heterocycles. The van der Waals surface area contributed by atoms with Gasteiger partial charge in [0.15, 0.2) is 0 Å². The highest BCUT2D eigenvalue weighted by Gasteiger charge is 2.58. The SMILES string of the molecule is C=CC[C@]12C[C@H](C=C)C(C(=O)OCc3ccccc3)C(=O)N1[C@H](c1ccccc1)CO2. The molecule has 2 heterocycles. The summed E-state index contributed by atoms with van der Waals surface area (Å²) in [7, 11) is 0. The van der Waals surface area contributed by atoms with Crippen molar-refractivity contribution in [3.8, 4) is 0 Å². The van der Waals surface area contributed by atoms with Crippen LogP contribution in [0.3, 0.4) is 0 Å². The standard InChI is InChI=1S/C26H27NO4/c1-3-15-26-16-20(4-2)23(25(29)30-17-19-11-7-5-8-12-19)24(28)27(26)22(18-31-26)21-13-9-6-10-14-21/h3-14,20,22-23H,1-2,15-18H2/t20-,22-,23?,26-/m0/s1. The van der Waals surface area contributed by atoms with Gasteiger partial charge in [0.1, 0.15) is 18.2 Å². The van der Waals surface area contributed by atoms with Crippen molar-refractivity contribution in [1.29, 1.82) is 0 Å². The number of esters is 1. The largest absolute Gasteiger partial charge is 0.460 e. The van der Waals surface area contributed by atoms with Crippen LogP contribution in [-0.2, 0) is 25.7 Å². The van der Waals surface area contributed by atoms with E-state index in [1.54, 1.807) is 17.1 Å². The van der Waals surface area contributed by atoms with Gasteiger partial charge in [-0.25, -0.2) is 0 Å². The number of benzene rings is 2. The molecule has 2 aromatic carbocycles. The van der Waals surface area contributed by atoms with Crippen LogP contribution >= 0.6 is 0 Å². The Balaban J connectivity index is 1.63. The van der Waals surface area contributed by atoms with E-state index in [1.807, 2.05) is 60.7 Å². The second-order valence-corrected chi connectivity index (χ2v) is 8.06. The fourth-order valence-electron chi connectivity index (χ4n) is 4.69. The average molecular weight is 418 g/mol. The first-order valence-corrected chi connectivity index (χ1v) is 10.6. The van der Waals surface area contributed by atoms with Crippen molar-refractivity contribution in [2.24, 2.45) is 11.8 Å². The Hall–Kier alpha value is -3.18. The number of ether oxygens (including phenoxy) is 2. The minimum absolute atomic E-state index is 0.129. The van der Waals surface area contributed by atoms with E-state index in [2.05, 4.69) is 13.2 Å². The molecule has 5 heteroatoms. The van der Waals surface area contributed by atoms with E-state index in [-0.39, 0.29) is 24.5 Å². The maximum atomic E-state index is 13.8. The monoisotopic (exact) mass is 417 g/mol. The van der Waals surface area contributed by atoms with Gasteiger partial charge in [-0.1, -0.05) is 72.8 Å². The molecule has 2 aliphatic heterocycles. The van der Waals surface area contributed by atoms with E-state index in [4.69, 9.17) is 9.47 Å². The summed E-state index contributed by atoms with van der Waals surface area (Å²) in [5, 5.41) is 0. The maximum absolute atomic E-state index is 13.8. The molecule has 0 spiro atoms. The lowest BCUT2D eigenvalue weighted by atomic mass is 9.77. The molecule has 2 saturated heterocycles. The molecule has 4 rings (SSSR count). The Morgan fingerprint density at radius 1 is 1.13 bits per heavy atom. The fourth-order valence-corrected chi connectivity index (χ4v) is 4.69. The molecule has 2 aromatic rings. The highest BCUT2D eigenvalue weighted by molar-refractivity contribution is 5.99. The summed E-state index contributed by atoms with van der Waals surface area (Å²) < 4.78 is 11.8. The lowest BCUT2D eigenvalue weighted by Gasteiger charge is -2.47. The quantitative estimate of drug-likeness (QED) is 0.380. The van der Waals surface area contributed by atoms with Gasteiger partial charge in [0.25, 0.3) is 0 Å². The number of hydrogen-bond donors (Lipinski definition) is 0. The molecule has 2 fully saturated rings. The molecule has 1 unspecified atom stereocenters. The van der Waals surface area contributed by atoms with Crippen LogP contribution < -0.4 is 0 Å². The molecule has 5 nitrogen and oxygen atoms in total. The van der Waals surface area contributed by atoms with Crippen LogP contribution in [0, 0.1) is 11.8 Å². The summed E-state index contributed by atoms with van der Waals surface area (Å²) in [6.07, 6.45) is 4.40. The van der Waals surface area contributed by atoms with Crippen molar-refractivity contribution in [3.63, 3.8) is 0 Å². The van der Waals surface area contributed by atoms with Gasteiger partial charge < -0.3 is 14.4 Å². The second kappa shape index (κ2) is 8.90. The summed E-state index contributed by atoms with van der Waals surface area (Å²) in [5.74, 6) is -2.11. The highest BCUT2D eigenvalue weighted by atomic mass is 16.5. The van der Waals surface area contributed by atoms with Gasteiger partial charge >= 0.3 is 5.97 Å². The first kappa shape index (κ1) is 21.1. The molecule has 2 aliphatic rings. The summed E-state index contributed by atoms with van der Waals surface area (Å²) >= 11 is 0. The lowest BCUT2D eigenvalue weighted by Crippen LogP contribution is -2.59. The lowest BCUT2D eigenvalue weighted by molar-refractivity contribution is -0.181. The number of amides is 1. The maximum Gasteiger partial charge on any atom is 0.319 e. The van der Waals surface area contributed by atoms with E-state index in [0.717, 1.165) is 11.1 Å². The van der Waals surface area contributed by atoms with E-state index in [9.17, 15) is 9.59 Å². The van der Waals surface area contributed by atoms with Crippen LogP contribution in [0.4, 0.5) is 0 Å². The van der Waals surface area contributed by atoms with E-state index < -0.39 is 17.6 Å². The zero-order chi connectivity index (χ0) is 21.8. The molecule has 0 bridgehead atoms. The summed E-state index contributed by atoms with van der Waals surface area (Å²) in [4.78, 5) is 28.6. The first-order valence-electron chi connectivity index (χ1n) is 10.6. The molecule has 0 N–H and O–H groups in total. The number of piperidine rings is 1. The Morgan fingerprint density at radius 3 is 2.45 bits per heavy atom. The summed E-state index contributed by atoms with van der Waals surface area (Å²) in [6.45, 7) is 8.26. The summed E-state index contributed by atoms with van der Waals surface area (Å²) in [6, 6.07) is 19.0. The Morgan fingerprint density at radius 2 is 1.81 bits per heavy atom. The van der Waals surface area contributed by atoms with Crippen LogP contribution in [0.5, 0.6) is 0 Å². The zero-order valence-corrected chi connectivity index (χ0v) is 17.5. The normalized spacial score (nSPS) is 27.4. The molecule has 160 valence electrons. The molecular weight excluding hydrogens is 390 g/mol. The third-order valence-corrected chi connectivity index (χ3v) is 6.18. The van der Waals surface area contributed by atoms with Crippen molar-refractivity contribution in [2.75, 3.05) is 6.61 Å². The molecule has 31 heavy (non-hydrogen) atoms. The smallest absolute Gasteiger partial charge is 0.319 e. The third kappa shape index (κ3) is 3.93. The molecule has 0 saturated carbocycles. The third-order valence-electron chi connectivity index (χ3n) is 6.18. The van der Waals surface area contributed by atoms with Crippen LogP contribution in [-0.4, -0.2) is 29.1 Å². The number of hydrogen-bond acceptors (Lipinski definition) is 4. The Bertz CT molecular complexity index is 958. The minimum Gasteiger partial charge on any atom is -0.460 e. The van der Waals surface area contributed by atoms with Gasteiger partial charge in [0.2, 0.25) is 5.91 Å². The Kier molecular flexibility index (Phi) is 6.05. The first-order chi connectivity index (χ1) is 15.1. The van der Waals surface area contributed by atoms with Gasteiger partial charge in [-0.3, -0.25) is 9.59 Å². The molecule has 1 amide bonds. The van der Waals surface area contributed by atoms with E-state index in [1.165, 1.54) is 0 Å². The van der Waals surface area contributed by atoms with Gasteiger partial charge in [-0.2, -0.15) is 0 Å². The molecule has 0 aliphatic carbocycles. The van der Waals surface area contributed by atoms with Crippen molar-refractivity contribution >= 4 is 11.9 Å². The molecule has 0 radical (unpaired) electrons. The van der Waals surface area contributed by atoms with Crippen molar-refractivity contribution in [1.82, 2.24) is 4.90 Å². The number of fused-ring (bicyclic) bond motifs is 1. The number of rotatable bonds is 7. The Labute approximate surface area is 183 Å². The van der Waals surface area contributed by atoms with Crippen LogP contribution in [0.15, 0.2) is 86.0 Å². The van der Waals surface area contributed by atoms with Crippen LogP contribution in [0.1, 0.15) is 30.0 Å². The number of carbonyl (C=O) groups is 2. The topological polar surface area (TPSA) is 55.8 Å². The zero-order valence-electron chi connectivity index (χ0n) is 17.5. The second-order valence-electron chi connectivity index (χ2n) is 8.06. The van der Waals surface area contributed by atoms with Crippen LogP contribution in [0.2, 0.25) is 0 Å². The summed E-state index contributed by atoms with van der Waals surface area (Å²) in [5.41, 5.74) is 1.03. The number of carbonyl (C=O) groups excluding carboxylic acids is 2. The molecule has 4 atom stereocenters. The van der Waals surface area contributed by atoms with Gasteiger partial charge in [0, 0.05) is 18.8 Å². The van der Waals surface area contributed by atoms with Gasteiger partial charge in [0.05, 0.1) is 12.6 Å². The van der Waals surface area contributed by atoms with Crippen molar-refractivity contribution in [2.45, 2.75) is 31.2 Å². The van der Waals surface area contributed by atoms with Crippen molar-refractivity contribution in [3.05, 3.63) is 97.1 Å². The van der Waals surface area contributed by atoms with Crippen molar-refractivity contribution < 1.29 is 19.1 Å². The van der Waals surface area contributed by atoms with E-state index >= 15 is 0 Å².